The van der Waals surface area contributed by atoms with Crippen molar-refractivity contribution in [3.8, 4) is 0 Å². The Hall–Kier alpha value is -3.05. The van der Waals surface area contributed by atoms with E-state index >= 15 is 0 Å². The van der Waals surface area contributed by atoms with Gasteiger partial charge in [-0.25, -0.2) is 23.5 Å². The normalized spacial score (nSPS) is 13.3. The molecule has 0 fully saturated rings. The van der Waals surface area contributed by atoms with Crippen molar-refractivity contribution in [3.63, 3.8) is 0 Å². The largest absolute Gasteiger partial charge is 0.433 e. The highest BCUT2D eigenvalue weighted by atomic mass is 19.4. The molecule has 0 aliphatic rings. The molecule has 27 heavy (non-hydrogen) atoms. The van der Waals surface area contributed by atoms with Crippen LogP contribution in [0.15, 0.2) is 29.5 Å². The lowest BCUT2D eigenvalue weighted by Gasteiger charge is -2.22. The van der Waals surface area contributed by atoms with Gasteiger partial charge in [-0.2, -0.15) is 18.2 Å². The smallest absolute Gasteiger partial charge is 0.362 e. The SMILES string of the molecule is CN(C)c1nc(=O)n([C@@H](c2c[nH]cn2)C(F)F)c2nc(C(F)(F)F)ccc12. The average Bonchev–Trinajstić information content (AvgIpc) is 3.09. The minimum absolute atomic E-state index is 0.0162. The molecule has 144 valence electrons. The van der Waals surface area contributed by atoms with Crippen LogP contribution >= 0.6 is 0 Å². The number of pyridine rings is 1. The lowest BCUT2D eigenvalue weighted by Crippen LogP contribution is -2.34. The molecule has 3 aromatic heterocycles. The van der Waals surface area contributed by atoms with Crippen LogP contribution in [-0.2, 0) is 6.18 Å². The Morgan fingerprint density at radius 2 is 1.89 bits per heavy atom. The Kier molecular flexibility index (Phi) is 4.57. The summed E-state index contributed by atoms with van der Waals surface area (Å²) in [5.74, 6) is 0.0162. The number of aromatic nitrogens is 5. The minimum Gasteiger partial charge on any atom is -0.362 e. The first-order valence-electron chi connectivity index (χ1n) is 7.56. The molecule has 0 radical (unpaired) electrons. The fraction of sp³-hybridized carbons (Fsp3) is 0.333. The van der Waals surface area contributed by atoms with E-state index in [9.17, 15) is 26.7 Å². The maximum absolute atomic E-state index is 13.7. The number of imidazole rings is 1. The number of fused-ring (bicyclic) bond motifs is 1. The second-order valence-electron chi connectivity index (χ2n) is 5.82. The van der Waals surface area contributed by atoms with Gasteiger partial charge in [0.05, 0.1) is 17.4 Å². The molecule has 3 rings (SSSR count). The molecule has 0 unspecified atom stereocenters. The van der Waals surface area contributed by atoms with Crippen molar-refractivity contribution in [1.82, 2.24) is 24.5 Å². The van der Waals surface area contributed by atoms with Crippen LogP contribution in [0.3, 0.4) is 0 Å². The number of aromatic amines is 1. The van der Waals surface area contributed by atoms with Crippen LogP contribution in [0.2, 0.25) is 0 Å². The number of hydrogen-bond donors (Lipinski definition) is 1. The van der Waals surface area contributed by atoms with E-state index in [1.54, 1.807) is 0 Å². The van der Waals surface area contributed by atoms with Crippen molar-refractivity contribution in [2.45, 2.75) is 18.6 Å². The van der Waals surface area contributed by atoms with E-state index < -0.39 is 35.7 Å². The number of nitrogens with one attached hydrogen (secondary N) is 1. The van der Waals surface area contributed by atoms with Gasteiger partial charge in [0.15, 0.2) is 0 Å². The highest BCUT2D eigenvalue weighted by molar-refractivity contribution is 5.87. The Labute approximate surface area is 148 Å². The van der Waals surface area contributed by atoms with Crippen molar-refractivity contribution in [1.29, 1.82) is 0 Å². The highest BCUT2D eigenvalue weighted by Gasteiger charge is 2.35. The third kappa shape index (κ3) is 3.34. The van der Waals surface area contributed by atoms with E-state index in [0.717, 1.165) is 18.6 Å². The maximum atomic E-state index is 13.7. The summed E-state index contributed by atoms with van der Waals surface area (Å²) in [5.41, 5.74) is -3.26. The van der Waals surface area contributed by atoms with E-state index in [4.69, 9.17) is 0 Å². The number of alkyl halides is 5. The zero-order valence-corrected chi connectivity index (χ0v) is 14.0. The quantitative estimate of drug-likeness (QED) is 0.695. The zero-order valence-electron chi connectivity index (χ0n) is 14.0. The second kappa shape index (κ2) is 6.59. The topological polar surface area (TPSA) is 79.7 Å². The Balaban J connectivity index is 2.42. The van der Waals surface area contributed by atoms with Crippen molar-refractivity contribution >= 4 is 16.9 Å². The molecule has 3 aromatic rings. The number of hydrogen-bond acceptors (Lipinski definition) is 5. The van der Waals surface area contributed by atoms with Gasteiger partial charge >= 0.3 is 11.9 Å². The number of nitrogens with zero attached hydrogens (tertiary/aromatic N) is 5. The van der Waals surface area contributed by atoms with Crippen LogP contribution in [0.4, 0.5) is 27.8 Å². The molecular weight excluding hydrogens is 375 g/mol. The fourth-order valence-electron chi connectivity index (χ4n) is 2.66. The molecule has 0 saturated carbocycles. The molecule has 1 atom stereocenters. The van der Waals surface area contributed by atoms with Gasteiger partial charge in [-0.05, 0) is 12.1 Å². The van der Waals surface area contributed by atoms with Crippen LogP contribution in [0.25, 0.3) is 11.0 Å². The van der Waals surface area contributed by atoms with Crippen molar-refractivity contribution in [2.75, 3.05) is 19.0 Å². The third-order valence-corrected chi connectivity index (χ3v) is 3.81. The molecular formula is C15H13F5N6O. The first-order valence-corrected chi connectivity index (χ1v) is 7.56. The molecule has 0 aromatic carbocycles. The third-order valence-electron chi connectivity index (χ3n) is 3.81. The molecule has 0 saturated heterocycles. The fourth-order valence-corrected chi connectivity index (χ4v) is 2.66. The van der Waals surface area contributed by atoms with Crippen molar-refractivity contribution < 1.29 is 22.0 Å². The van der Waals surface area contributed by atoms with E-state index in [0.29, 0.717) is 10.6 Å². The Morgan fingerprint density at radius 3 is 2.41 bits per heavy atom. The van der Waals surface area contributed by atoms with Gasteiger partial charge in [0.2, 0.25) is 0 Å². The van der Waals surface area contributed by atoms with Gasteiger partial charge in [0.25, 0.3) is 6.43 Å². The Morgan fingerprint density at radius 1 is 1.19 bits per heavy atom. The molecule has 0 bridgehead atoms. The van der Waals surface area contributed by atoms with Crippen LogP contribution < -0.4 is 10.6 Å². The summed E-state index contributed by atoms with van der Waals surface area (Å²) >= 11 is 0. The number of anilines is 1. The minimum atomic E-state index is -4.82. The first kappa shape index (κ1) is 18.7. The maximum Gasteiger partial charge on any atom is 0.433 e. The molecule has 0 amide bonds. The van der Waals surface area contributed by atoms with E-state index in [1.165, 1.54) is 19.0 Å². The molecule has 7 nitrogen and oxygen atoms in total. The first-order chi connectivity index (χ1) is 12.6. The lowest BCUT2D eigenvalue weighted by atomic mass is 10.2. The summed E-state index contributed by atoms with van der Waals surface area (Å²) in [5, 5.41) is 0.0220. The summed E-state index contributed by atoms with van der Waals surface area (Å²) < 4.78 is 67.2. The lowest BCUT2D eigenvalue weighted by molar-refractivity contribution is -0.141. The molecule has 0 spiro atoms. The summed E-state index contributed by atoms with van der Waals surface area (Å²) in [7, 11) is 3.03. The predicted molar refractivity (Wildman–Crippen MR) is 85.9 cm³/mol. The van der Waals surface area contributed by atoms with E-state index in [2.05, 4.69) is 19.9 Å². The summed E-state index contributed by atoms with van der Waals surface area (Å²) in [6.45, 7) is 0. The number of H-pyrrole nitrogens is 1. The van der Waals surface area contributed by atoms with Crippen LogP contribution in [0.5, 0.6) is 0 Å². The van der Waals surface area contributed by atoms with Gasteiger partial charge in [-0.15, -0.1) is 0 Å². The average molecular weight is 388 g/mol. The van der Waals surface area contributed by atoms with Crippen molar-refractivity contribution in [2.24, 2.45) is 0 Å². The Bertz CT molecular complexity index is 1010. The second-order valence-corrected chi connectivity index (χ2v) is 5.82. The summed E-state index contributed by atoms with van der Waals surface area (Å²) in [6, 6.07) is -0.195. The monoisotopic (exact) mass is 388 g/mol. The summed E-state index contributed by atoms with van der Waals surface area (Å²) in [6.07, 6.45) is -5.71. The van der Waals surface area contributed by atoms with Gasteiger partial charge in [-0.3, -0.25) is 4.57 Å². The summed E-state index contributed by atoms with van der Waals surface area (Å²) in [4.78, 5) is 27.3. The standard InChI is InChI=1S/C15H13F5N6O/c1-25(2)12-7-3-4-9(15(18,19)20)23-13(7)26(14(27)24-12)10(11(16)17)8-5-21-6-22-8/h3-6,10-11H,1-2H3,(H,21,22)/t10-/m0/s1. The number of halogens is 5. The van der Waals surface area contributed by atoms with Crippen LogP contribution in [0, 0.1) is 0 Å². The van der Waals surface area contributed by atoms with Gasteiger partial charge in [-0.1, -0.05) is 0 Å². The van der Waals surface area contributed by atoms with E-state index in [-0.39, 0.29) is 16.9 Å². The highest BCUT2D eigenvalue weighted by Crippen LogP contribution is 2.32. The molecule has 3 heterocycles. The predicted octanol–water partition coefficient (Wildman–Crippen LogP) is 2.45. The van der Waals surface area contributed by atoms with E-state index in [1.807, 2.05) is 0 Å². The van der Waals surface area contributed by atoms with Crippen LogP contribution in [-0.4, -0.2) is 45.0 Å². The molecule has 0 aliphatic heterocycles. The molecule has 0 aliphatic carbocycles. The molecule has 1 N–H and O–H groups in total. The van der Waals surface area contributed by atoms with Gasteiger partial charge in [0, 0.05) is 20.3 Å². The zero-order chi connectivity index (χ0) is 19.9. The van der Waals surface area contributed by atoms with Crippen molar-refractivity contribution in [3.05, 3.63) is 46.5 Å². The van der Waals surface area contributed by atoms with Gasteiger partial charge in [0.1, 0.15) is 23.2 Å². The number of rotatable bonds is 4. The van der Waals surface area contributed by atoms with Crippen LogP contribution in [0.1, 0.15) is 17.4 Å². The van der Waals surface area contributed by atoms with Gasteiger partial charge < -0.3 is 9.88 Å². The molecule has 12 heteroatoms.